The summed E-state index contributed by atoms with van der Waals surface area (Å²) >= 11 is 0. The highest BCUT2D eigenvalue weighted by molar-refractivity contribution is 5.80. The molecule has 0 bridgehead atoms. The average molecular weight is 341 g/mol. The normalized spacial score (nSPS) is 15.5. The van der Waals surface area contributed by atoms with Gasteiger partial charge in [0.25, 0.3) is 0 Å². The van der Waals surface area contributed by atoms with E-state index in [4.69, 9.17) is 4.99 Å². The second-order valence-corrected chi connectivity index (χ2v) is 6.02. The molecule has 1 saturated heterocycles. The first-order valence-electron chi connectivity index (χ1n) is 9.03. The molecule has 0 saturated carbocycles. The van der Waals surface area contributed by atoms with E-state index in [2.05, 4.69) is 38.2 Å². The van der Waals surface area contributed by atoms with Gasteiger partial charge in [-0.05, 0) is 31.5 Å². The van der Waals surface area contributed by atoms with Crippen LogP contribution < -0.4 is 10.2 Å². The number of aliphatic imine (C=N–C) groups is 1. The summed E-state index contributed by atoms with van der Waals surface area (Å²) in [6.07, 6.45) is 6.65. The maximum atomic E-state index is 4.79. The van der Waals surface area contributed by atoms with Crippen LogP contribution in [0, 0.1) is 0 Å². The number of pyridine rings is 1. The van der Waals surface area contributed by atoms with Crippen LogP contribution in [0.2, 0.25) is 0 Å². The Morgan fingerprint density at radius 2 is 2.04 bits per heavy atom. The van der Waals surface area contributed by atoms with Gasteiger partial charge in [0, 0.05) is 64.4 Å². The lowest BCUT2D eigenvalue weighted by Gasteiger charge is -2.37. The van der Waals surface area contributed by atoms with Crippen molar-refractivity contribution in [3.63, 3.8) is 0 Å². The van der Waals surface area contributed by atoms with Crippen LogP contribution in [0.25, 0.3) is 0 Å². The van der Waals surface area contributed by atoms with E-state index >= 15 is 0 Å². The highest BCUT2D eigenvalue weighted by atomic mass is 15.4. The number of anilines is 1. The summed E-state index contributed by atoms with van der Waals surface area (Å²) < 4.78 is 1.95. The molecule has 25 heavy (non-hydrogen) atoms. The van der Waals surface area contributed by atoms with Crippen molar-refractivity contribution in [2.24, 2.45) is 4.99 Å². The number of guanidine groups is 1. The molecule has 2 aromatic rings. The van der Waals surface area contributed by atoms with E-state index in [1.165, 1.54) is 0 Å². The highest BCUT2D eigenvalue weighted by Gasteiger charge is 2.20. The van der Waals surface area contributed by atoms with Crippen molar-refractivity contribution in [1.82, 2.24) is 25.0 Å². The number of aryl methyl sites for hydroxylation is 1. The fourth-order valence-electron chi connectivity index (χ4n) is 2.96. The van der Waals surface area contributed by atoms with Crippen molar-refractivity contribution in [3.8, 4) is 0 Å². The van der Waals surface area contributed by atoms with Crippen LogP contribution in [-0.4, -0.2) is 64.9 Å². The number of aromatic nitrogens is 3. The number of hydrogen-bond acceptors (Lipinski definition) is 4. The number of nitrogens with zero attached hydrogens (tertiary/aromatic N) is 6. The Labute approximate surface area is 149 Å². The third-order valence-corrected chi connectivity index (χ3v) is 4.25. The molecule has 0 radical (unpaired) electrons. The van der Waals surface area contributed by atoms with Gasteiger partial charge in [0.15, 0.2) is 5.96 Å². The number of piperazine rings is 1. The summed E-state index contributed by atoms with van der Waals surface area (Å²) in [5.74, 6) is 2.08. The Morgan fingerprint density at radius 1 is 1.16 bits per heavy atom. The lowest BCUT2D eigenvalue weighted by molar-refractivity contribution is 0.371. The lowest BCUT2D eigenvalue weighted by Crippen LogP contribution is -2.52. The van der Waals surface area contributed by atoms with Crippen molar-refractivity contribution in [3.05, 3.63) is 42.9 Å². The summed E-state index contributed by atoms with van der Waals surface area (Å²) in [6.45, 7) is 8.57. The minimum Gasteiger partial charge on any atom is -0.357 e. The summed E-state index contributed by atoms with van der Waals surface area (Å²) in [4.78, 5) is 13.9. The second-order valence-electron chi connectivity index (χ2n) is 6.02. The number of nitrogens with one attached hydrogen (secondary N) is 1. The van der Waals surface area contributed by atoms with Crippen LogP contribution in [0.5, 0.6) is 0 Å². The quantitative estimate of drug-likeness (QED) is 0.490. The number of rotatable bonds is 6. The molecular formula is C18H27N7. The Morgan fingerprint density at radius 3 is 2.72 bits per heavy atom. The van der Waals surface area contributed by atoms with Gasteiger partial charge >= 0.3 is 0 Å². The Kier molecular flexibility index (Phi) is 6.25. The monoisotopic (exact) mass is 341 g/mol. The van der Waals surface area contributed by atoms with Crippen LogP contribution in [0.4, 0.5) is 5.82 Å². The van der Waals surface area contributed by atoms with Gasteiger partial charge in [-0.3, -0.25) is 9.67 Å². The second kappa shape index (κ2) is 9.05. The maximum Gasteiger partial charge on any atom is 0.194 e. The summed E-state index contributed by atoms with van der Waals surface area (Å²) in [5, 5.41) is 7.65. The van der Waals surface area contributed by atoms with Crippen LogP contribution in [0.3, 0.4) is 0 Å². The van der Waals surface area contributed by atoms with E-state index in [9.17, 15) is 0 Å². The molecule has 2 aromatic heterocycles. The molecule has 0 aliphatic carbocycles. The third kappa shape index (κ3) is 4.95. The Bertz CT molecular complexity index is 631. The smallest absolute Gasteiger partial charge is 0.194 e. The molecule has 7 nitrogen and oxygen atoms in total. The average Bonchev–Trinajstić information content (AvgIpc) is 3.19. The SMILES string of the molecule is CCNC(=NCCCn1cccn1)N1CCN(c2ccccn2)CC1. The van der Waals surface area contributed by atoms with Crippen molar-refractivity contribution >= 4 is 11.8 Å². The van der Waals surface area contributed by atoms with E-state index in [1.807, 2.05) is 41.5 Å². The van der Waals surface area contributed by atoms with Crippen molar-refractivity contribution in [1.29, 1.82) is 0 Å². The van der Waals surface area contributed by atoms with Crippen LogP contribution in [0.1, 0.15) is 13.3 Å². The van der Waals surface area contributed by atoms with E-state index in [0.29, 0.717) is 0 Å². The fraction of sp³-hybridized carbons (Fsp3) is 0.500. The molecule has 0 atom stereocenters. The van der Waals surface area contributed by atoms with Crippen LogP contribution in [-0.2, 0) is 6.54 Å². The van der Waals surface area contributed by atoms with Gasteiger partial charge in [0.05, 0.1) is 0 Å². The van der Waals surface area contributed by atoms with Crippen molar-refractivity contribution < 1.29 is 0 Å². The molecule has 1 aliphatic heterocycles. The first-order valence-corrected chi connectivity index (χ1v) is 9.03. The third-order valence-electron chi connectivity index (χ3n) is 4.25. The maximum absolute atomic E-state index is 4.79. The highest BCUT2D eigenvalue weighted by Crippen LogP contribution is 2.12. The Hall–Kier alpha value is -2.57. The minimum atomic E-state index is 0.808. The van der Waals surface area contributed by atoms with Gasteiger partial charge in [0.1, 0.15) is 5.82 Å². The molecule has 1 fully saturated rings. The zero-order valence-electron chi connectivity index (χ0n) is 14.9. The molecule has 0 unspecified atom stereocenters. The van der Waals surface area contributed by atoms with Gasteiger partial charge in [-0.2, -0.15) is 5.10 Å². The molecule has 3 rings (SSSR count). The van der Waals surface area contributed by atoms with Gasteiger partial charge in [-0.15, -0.1) is 0 Å². The van der Waals surface area contributed by atoms with Crippen molar-refractivity contribution in [2.45, 2.75) is 19.9 Å². The largest absolute Gasteiger partial charge is 0.357 e. The fourth-order valence-corrected chi connectivity index (χ4v) is 2.96. The first kappa shape index (κ1) is 17.3. The predicted molar refractivity (Wildman–Crippen MR) is 101 cm³/mol. The molecule has 7 heteroatoms. The molecular weight excluding hydrogens is 314 g/mol. The molecule has 0 amide bonds. The van der Waals surface area contributed by atoms with Crippen LogP contribution in [0.15, 0.2) is 47.8 Å². The minimum absolute atomic E-state index is 0.808. The van der Waals surface area contributed by atoms with E-state index in [0.717, 1.165) is 64.0 Å². The van der Waals surface area contributed by atoms with Crippen LogP contribution >= 0.6 is 0 Å². The molecule has 0 spiro atoms. The summed E-state index contributed by atoms with van der Waals surface area (Å²) in [5.41, 5.74) is 0. The Balaban J connectivity index is 1.50. The zero-order valence-corrected chi connectivity index (χ0v) is 14.9. The molecule has 0 aromatic carbocycles. The molecule has 134 valence electrons. The molecule has 1 N–H and O–H groups in total. The van der Waals surface area contributed by atoms with Gasteiger partial charge in [-0.25, -0.2) is 4.98 Å². The lowest BCUT2D eigenvalue weighted by atomic mass is 10.3. The zero-order chi connectivity index (χ0) is 17.3. The van der Waals surface area contributed by atoms with Gasteiger partial charge in [0.2, 0.25) is 0 Å². The topological polar surface area (TPSA) is 61.6 Å². The van der Waals surface area contributed by atoms with Gasteiger partial charge in [-0.1, -0.05) is 6.07 Å². The van der Waals surface area contributed by atoms with Crippen molar-refractivity contribution in [2.75, 3.05) is 44.2 Å². The standard InChI is InChI=1S/C18H27N7/c1-2-19-18(21-9-5-11-25-12-6-10-22-25)24-15-13-23(14-16-24)17-7-3-4-8-20-17/h3-4,6-8,10,12H,2,5,9,11,13-16H2,1H3,(H,19,21). The number of hydrogen-bond donors (Lipinski definition) is 1. The van der Waals surface area contributed by atoms with E-state index in [-0.39, 0.29) is 0 Å². The van der Waals surface area contributed by atoms with E-state index < -0.39 is 0 Å². The summed E-state index contributed by atoms with van der Waals surface area (Å²) in [7, 11) is 0. The molecule has 3 heterocycles. The first-order chi connectivity index (χ1) is 12.4. The predicted octanol–water partition coefficient (Wildman–Crippen LogP) is 1.46. The summed E-state index contributed by atoms with van der Waals surface area (Å²) in [6, 6.07) is 8.03. The molecule has 1 aliphatic rings. The van der Waals surface area contributed by atoms with E-state index in [1.54, 1.807) is 0 Å². The van der Waals surface area contributed by atoms with Gasteiger partial charge < -0.3 is 15.1 Å².